The lowest BCUT2D eigenvalue weighted by molar-refractivity contribution is 0.602. The number of benzene rings is 1. The van der Waals surface area contributed by atoms with E-state index in [-0.39, 0.29) is 5.82 Å². The second-order valence-corrected chi connectivity index (χ2v) is 4.59. The van der Waals surface area contributed by atoms with Gasteiger partial charge in [-0.25, -0.2) is 14.2 Å². The molecule has 0 amide bonds. The second-order valence-electron chi connectivity index (χ2n) is 4.59. The fourth-order valence-electron chi connectivity index (χ4n) is 1.65. The molecule has 1 aromatic heterocycles. The number of aliphatic imine (C=N–C) groups is 1. The minimum Gasteiger partial charge on any atom is -0.369 e. The zero-order valence-electron chi connectivity index (χ0n) is 11.8. The average Bonchev–Trinajstić information content (AvgIpc) is 2.47. The van der Waals surface area contributed by atoms with Crippen molar-refractivity contribution in [3.05, 3.63) is 65.0 Å². The van der Waals surface area contributed by atoms with Crippen LogP contribution in [-0.2, 0) is 0 Å². The van der Waals surface area contributed by atoms with Crippen LogP contribution in [0.15, 0.2) is 52.9 Å². The van der Waals surface area contributed by atoms with Crippen LogP contribution in [0.1, 0.15) is 5.56 Å². The van der Waals surface area contributed by atoms with E-state index >= 15 is 0 Å². The highest BCUT2D eigenvalue weighted by Gasteiger charge is 2.10. The Bertz CT molecular complexity index is 735. The van der Waals surface area contributed by atoms with Crippen LogP contribution in [0.5, 0.6) is 0 Å². The Balaban J connectivity index is 2.42. The van der Waals surface area contributed by atoms with Gasteiger partial charge in [0.25, 0.3) is 0 Å². The molecule has 2 aromatic rings. The molecule has 0 fully saturated rings. The largest absolute Gasteiger partial charge is 0.369 e. The van der Waals surface area contributed by atoms with Crippen LogP contribution in [-0.4, -0.2) is 34.9 Å². The maximum atomic E-state index is 14.0. The summed E-state index contributed by atoms with van der Waals surface area (Å²) in [5.74, 6) is -0.935. The third kappa shape index (κ3) is 3.42. The van der Waals surface area contributed by atoms with Crippen molar-refractivity contribution in [3.8, 4) is 0 Å². The predicted octanol–water partition coefficient (Wildman–Crippen LogP) is 2.12. The van der Waals surface area contributed by atoms with Gasteiger partial charge < -0.3 is 4.90 Å². The van der Waals surface area contributed by atoms with Crippen LogP contribution < -0.4 is 5.69 Å². The Labute approximate surface area is 121 Å². The first-order valence-corrected chi connectivity index (χ1v) is 6.23. The van der Waals surface area contributed by atoms with Crippen LogP contribution in [0.3, 0.4) is 0 Å². The monoisotopic (exact) mass is 286 g/mol. The quantitative estimate of drug-likeness (QED) is 0.639. The topological polar surface area (TPSA) is 50.5 Å². The van der Waals surface area contributed by atoms with Gasteiger partial charge in [0, 0.05) is 14.1 Å². The van der Waals surface area contributed by atoms with Crippen LogP contribution in [0, 0.1) is 5.82 Å². The summed E-state index contributed by atoms with van der Waals surface area (Å²) < 4.78 is 15.0. The van der Waals surface area contributed by atoms with Gasteiger partial charge >= 0.3 is 5.69 Å². The molecule has 0 radical (unpaired) electrons. The number of rotatable bonds is 4. The summed E-state index contributed by atoms with van der Waals surface area (Å²) in [5.41, 5.74) is 0.441. The summed E-state index contributed by atoms with van der Waals surface area (Å²) in [4.78, 5) is 21.1. The first-order valence-electron chi connectivity index (χ1n) is 6.23. The standard InChI is InChI=1S/C15H15FN4O/c1-11(12-7-5-4-6-8-12)20-9-13(16)14(18-15(20)21)17-10-19(2)3/h4-10H,1H2,2-3H3/b17-10+. The summed E-state index contributed by atoms with van der Waals surface area (Å²) in [5, 5.41) is 0. The maximum absolute atomic E-state index is 14.0. The number of aromatic nitrogens is 2. The summed E-state index contributed by atoms with van der Waals surface area (Å²) in [6.07, 6.45) is 2.42. The van der Waals surface area contributed by atoms with Crippen molar-refractivity contribution in [1.29, 1.82) is 0 Å². The van der Waals surface area contributed by atoms with Crippen molar-refractivity contribution in [2.45, 2.75) is 0 Å². The number of hydrogen-bond acceptors (Lipinski definition) is 3. The molecule has 5 nitrogen and oxygen atoms in total. The molecule has 0 aliphatic rings. The molecule has 108 valence electrons. The van der Waals surface area contributed by atoms with Gasteiger partial charge in [0.1, 0.15) is 0 Å². The van der Waals surface area contributed by atoms with E-state index in [2.05, 4.69) is 16.6 Å². The molecule has 0 atom stereocenters. The lowest BCUT2D eigenvalue weighted by Gasteiger charge is -2.09. The van der Waals surface area contributed by atoms with Gasteiger partial charge in [0.2, 0.25) is 0 Å². The molecule has 0 aliphatic heterocycles. The number of halogens is 1. The molecule has 0 aliphatic carbocycles. The Morgan fingerprint density at radius 1 is 1.38 bits per heavy atom. The Morgan fingerprint density at radius 2 is 2.05 bits per heavy atom. The molecule has 0 N–H and O–H groups in total. The first kappa shape index (κ1) is 14.6. The fourth-order valence-corrected chi connectivity index (χ4v) is 1.65. The summed E-state index contributed by atoms with van der Waals surface area (Å²) in [6, 6.07) is 9.03. The van der Waals surface area contributed by atoms with Crippen molar-refractivity contribution >= 4 is 17.9 Å². The van der Waals surface area contributed by atoms with Gasteiger partial charge in [0.05, 0.1) is 18.2 Å². The first-order chi connectivity index (χ1) is 9.99. The molecule has 1 aromatic carbocycles. The van der Waals surface area contributed by atoms with Crippen LogP contribution >= 0.6 is 0 Å². The van der Waals surface area contributed by atoms with Gasteiger partial charge in [-0.2, -0.15) is 4.98 Å². The Hall–Kier alpha value is -2.76. The van der Waals surface area contributed by atoms with E-state index in [9.17, 15) is 9.18 Å². The van der Waals surface area contributed by atoms with Crippen molar-refractivity contribution < 1.29 is 4.39 Å². The lowest BCUT2D eigenvalue weighted by atomic mass is 10.2. The highest BCUT2D eigenvalue weighted by Crippen LogP contribution is 2.16. The summed E-state index contributed by atoms with van der Waals surface area (Å²) >= 11 is 0. The molecule has 1 heterocycles. The van der Waals surface area contributed by atoms with E-state index in [1.165, 1.54) is 6.34 Å². The van der Waals surface area contributed by atoms with Crippen molar-refractivity contribution in [3.63, 3.8) is 0 Å². The van der Waals surface area contributed by atoms with Crippen molar-refractivity contribution in [2.75, 3.05) is 14.1 Å². The highest BCUT2D eigenvalue weighted by molar-refractivity contribution is 5.64. The minimum atomic E-state index is -0.690. The highest BCUT2D eigenvalue weighted by atomic mass is 19.1. The van der Waals surface area contributed by atoms with Crippen molar-refractivity contribution in [2.24, 2.45) is 4.99 Å². The lowest BCUT2D eigenvalue weighted by Crippen LogP contribution is -2.22. The van der Waals surface area contributed by atoms with Gasteiger partial charge in [-0.05, 0) is 5.56 Å². The van der Waals surface area contributed by atoms with E-state index in [0.29, 0.717) is 11.3 Å². The van der Waals surface area contributed by atoms with E-state index in [1.807, 2.05) is 18.2 Å². The van der Waals surface area contributed by atoms with Gasteiger partial charge in [0.15, 0.2) is 11.6 Å². The van der Waals surface area contributed by atoms with Crippen LogP contribution in [0.25, 0.3) is 5.70 Å². The molecule has 21 heavy (non-hydrogen) atoms. The zero-order valence-corrected chi connectivity index (χ0v) is 11.8. The Kier molecular flexibility index (Phi) is 4.27. The predicted molar refractivity (Wildman–Crippen MR) is 81.2 cm³/mol. The van der Waals surface area contributed by atoms with E-state index in [1.54, 1.807) is 31.1 Å². The van der Waals surface area contributed by atoms with E-state index in [0.717, 1.165) is 10.8 Å². The zero-order chi connectivity index (χ0) is 15.4. The molecule has 0 saturated heterocycles. The second kappa shape index (κ2) is 6.13. The molecule has 0 saturated carbocycles. The van der Waals surface area contributed by atoms with Crippen LogP contribution in [0.2, 0.25) is 0 Å². The number of nitrogens with zero attached hydrogens (tertiary/aromatic N) is 4. The molecule has 0 unspecified atom stereocenters. The molecule has 0 bridgehead atoms. The Morgan fingerprint density at radius 3 is 2.67 bits per heavy atom. The van der Waals surface area contributed by atoms with Crippen molar-refractivity contribution in [1.82, 2.24) is 14.5 Å². The van der Waals surface area contributed by atoms with Gasteiger partial charge in [-0.15, -0.1) is 0 Å². The normalized spacial score (nSPS) is 10.8. The number of hydrogen-bond donors (Lipinski definition) is 0. The summed E-state index contributed by atoms with van der Waals surface area (Å²) in [7, 11) is 3.47. The fraction of sp³-hybridized carbons (Fsp3) is 0.133. The average molecular weight is 286 g/mol. The maximum Gasteiger partial charge on any atom is 0.354 e. The molecule has 2 rings (SSSR count). The van der Waals surface area contributed by atoms with Crippen LogP contribution in [0.4, 0.5) is 10.2 Å². The smallest absolute Gasteiger partial charge is 0.354 e. The van der Waals surface area contributed by atoms with E-state index < -0.39 is 11.5 Å². The van der Waals surface area contributed by atoms with E-state index in [4.69, 9.17) is 0 Å². The van der Waals surface area contributed by atoms with Gasteiger partial charge in [-0.1, -0.05) is 36.9 Å². The third-order valence-corrected chi connectivity index (χ3v) is 2.67. The third-order valence-electron chi connectivity index (χ3n) is 2.67. The molecular weight excluding hydrogens is 271 g/mol. The molecule has 6 heteroatoms. The summed E-state index contributed by atoms with van der Waals surface area (Å²) in [6.45, 7) is 3.81. The van der Waals surface area contributed by atoms with Gasteiger partial charge in [-0.3, -0.25) is 4.57 Å². The molecular formula is C15H15FN4O. The minimum absolute atomic E-state index is 0.245. The SMILES string of the molecule is C=C(c1ccccc1)n1cc(F)c(/N=C/N(C)C)nc1=O. The molecule has 0 spiro atoms.